The van der Waals surface area contributed by atoms with Crippen LogP contribution in [-0.4, -0.2) is 23.7 Å². The van der Waals surface area contributed by atoms with E-state index < -0.39 is 6.09 Å². The van der Waals surface area contributed by atoms with E-state index in [1.54, 1.807) is 0 Å². The Balaban J connectivity index is 1.69. The molecule has 4 nitrogen and oxygen atoms in total. The van der Waals surface area contributed by atoms with E-state index in [1.807, 2.05) is 12.1 Å². The summed E-state index contributed by atoms with van der Waals surface area (Å²) in [5.74, 6) is 0.0791. The monoisotopic (exact) mass is 350 g/mol. The zero-order chi connectivity index (χ0) is 17.1. The Kier molecular flexibility index (Phi) is 5.33. The van der Waals surface area contributed by atoms with Crippen LogP contribution in [0.2, 0.25) is 0 Å². The van der Waals surface area contributed by atoms with Crippen molar-refractivity contribution in [2.24, 2.45) is 5.73 Å². The minimum atomic E-state index is -0.437. The van der Waals surface area contributed by atoms with Crippen molar-refractivity contribution in [2.75, 3.05) is 11.4 Å². The van der Waals surface area contributed by atoms with Crippen LogP contribution in [0.25, 0.3) is 0 Å². The van der Waals surface area contributed by atoms with Crippen LogP contribution in [-0.2, 0) is 4.74 Å². The second kappa shape index (κ2) is 7.47. The average Bonchev–Trinajstić information content (AvgIpc) is 2.94. The topological polar surface area (TPSA) is 55.6 Å². The van der Waals surface area contributed by atoms with Gasteiger partial charge in [-0.1, -0.05) is 37.5 Å². The third-order valence-corrected chi connectivity index (χ3v) is 5.13. The molecule has 0 aromatic heterocycles. The summed E-state index contributed by atoms with van der Waals surface area (Å²) < 4.78 is 19.9. The summed E-state index contributed by atoms with van der Waals surface area (Å²) >= 11 is 4.85. The molecule has 6 heteroatoms. The van der Waals surface area contributed by atoms with Crippen LogP contribution in [0.3, 0.4) is 0 Å². The molecule has 1 saturated heterocycles. The van der Waals surface area contributed by atoms with Crippen molar-refractivity contribution < 1.29 is 13.9 Å². The van der Waals surface area contributed by atoms with E-state index in [0.29, 0.717) is 36.0 Å². The number of benzene rings is 1. The molecule has 1 saturated carbocycles. The lowest BCUT2D eigenvalue weighted by Crippen LogP contribution is -2.25. The number of cyclic esters (lactones) is 1. The SMILES string of the molecule is NC(=S)CCC1CN(c2ccc(C3CCCCC3)c(F)c2)C(=O)O1. The van der Waals surface area contributed by atoms with Crippen molar-refractivity contribution in [1.29, 1.82) is 0 Å². The quantitative estimate of drug-likeness (QED) is 0.806. The predicted octanol–water partition coefficient (Wildman–Crippen LogP) is 4.26. The van der Waals surface area contributed by atoms with Gasteiger partial charge in [-0.25, -0.2) is 9.18 Å². The number of carbonyl (C=O) groups excluding carboxylic acids is 1. The van der Waals surface area contributed by atoms with Gasteiger partial charge in [0.1, 0.15) is 11.9 Å². The smallest absolute Gasteiger partial charge is 0.414 e. The highest BCUT2D eigenvalue weighted by Crippen LogP contribution is 2.35. The van der Waals surface area contributed by atoms with E-state index in [0.717, 1.165) is 31.2 Å². The lowest BCUT2D eigenvalue weighted by molar-refractivity contribution is 0.138. The normalized spacial score (nSPS) is 21.8. The Morgan fingerprint density at radius 2 is 2.08 bits per heavy atom. The molecule has 0 radical (unpaired) electrons. The molecule has 3 rings (SSSR count). The van der Waals surface area contributed by atoms with Crippen LogP contribution in [0.1, 0.15) is 56.4 Å². The molecular weight excluding hydrogens is 327 g/mol. The van der Waals surface area contributed by atoms with E-state index in [-0.39, 0.29) is 11.9 Å². The van der Waals surface area contributed by atoms with Gasteiger partial charge in [-0.3, -0.25) is 4.90 Å². The average molecular weight is 350 g/mol. The highest BCUT2D eigenvalue weighted by molar-refractivity contribution is 7.80. The van der Waals surface area contributed by atoms with E-state index in [4.69, 9.17) is 22.7 Å². The predicted molar refractivity (Wildman–Crippen MR) is 95.9 cm³/mol. The zero-order valence-electron chi connectivity index (χ0n) is 13.7. The number of hydrogen-bond donors (Lipinski definition) is 1. The van der Waals surface area contributed by atoms with E-state index in [2.05, 4.69) is 0 Å². The first-order valence-electron chi connectivity index (χ1n) is 8.60. The third-order valence-electron chi connectivity index (χ3n) is 4.93. The Bertz CT molecular complexity index is 631. The Hall–Kier alpha value is -1.69. The fraction of sp³-hybridized carbons (Fsp3) is 0.556. The second-order valence-electron chi connectivity index (χ2n) is 6.66. The number of thiocarbonyl (C=S) groups is 1. The minimum absolute atomic E-state index is 0.223. The summed E-state index contributed by atoms with van der Waals surface area (Å²) in [7, 11) is 0. The molecule has 1 amide bonds. The zero-order valence-corrected chi connectivity index (χ0v) is 14.5. The molecule has 1 heterocycles. The fourth-order valence-corrected chi connectivity index (χ4v) is 3.73. The summed E-state index contributed by atoms with van der Waals surface area (Å²) in [5, 5.41) is 0. The highest BCUT2D eigenvalue weighted by Gasteiger charge is 2.32. The molecular formula is C18H23FN2O2S. The molecule has 2 N–H and O–H groups in total. The van der Waals surface area contributed by atoms with Crippen molar-refractivity contribution in [3.63, 3.8) is 0 Å². The van der Waals surface area contributed by atoms with Gasteiger partial charge in [0.15, 0.2) is 0 Å². The van der Waals surface area contributed by atoms with Gasteiger partial charge in [0.05, 0.1) is 17.2 Å². The van der Waals surface area contributed by atoms with Gasteiger partial charge in [-0.15, -0.1) is 0 Å². The van der Waals surface area contributed by atoms with Gasteiger partial charge in [0.2, 0.25) is 0 Å². The van der Waals surface area contributed by atoms with E-state index >= 15 is 0 Å². The largest absolute Gasteiger partial charge is 0.444 e. The molecule has 2 aliphatic rings. The lowest BCUT2D eigenvalue weighted by Gasteiger charge is -2.23. The number of nitrogens with zero attached hydrogens (tertiary/aromatic N) is 1. The maximum absolute atomic E-state index is 14.6. The number of anilines is 1. The van der Waals surface area contributed by atoms with Gasteiger partial charge in [-0.05, 0) is 42.9 Å². The van der Waals surface area contributed by atoms with Crippen molar-refractivity contribution in [2.45, 2.75) is 57.0 Å². The van der Waals surface area contributed by atoms with Crippen molar-refractivity contribution in [3.8, 4) is 0 Å². The van der Waals surface area contributed by atoms with Gasteiger partial charge in [0, 0.05) is 6.42 Å². The molecule has 1 aromatic carbocycles. The molecule has 0 spiro atoms. The standard InChI is InChI=1S/C18H23FN2O2S/c19-16-10-13(6-8-15(16)12-4-2-1-3-5-12)21-11-14(23-18(21)22)7-9-17(20)24/h6,8,10,12,14H,1-5,7,9,11H2,(H2,20,24). The van der Waals surface area contributed by atoms with Crippen molar-refractivity contribution >= 4 is 29.0 Å². The maximum atomic E-state index is 14.6. The first-order chi connectivity index (χ1) is 11.5. The van der Waals surface area contributed by atoms with Crippen LogP contribution in [0.4, 0.5) is 14.9 Å². The molecule has 1 unspecified atom stereocenters. The van der Waals surface area contributed by atoms with Gasteiger partial charge < -0.3 is 10.5 Å². The molecule has 2 fully saturated rings. The van der Waals surface area contributed by atoms with Crippen LogP contribution >= 0.6 is 12.2 Å². The Labute approximate surface area is 147 Å². The number of halogens is 1. The molecule has 1 aliphatic heterocycles. The number of carbonyl (C=O) groups is 1. The maximum Gasteiger partial charge on any atom is 0.414 e. The third kappa shape index (κ3) is 3.86. The van der Waals surface area contributed by atoms with Crippen molar-refractivity contribution in [1.82, 2.24) is 0 Å². The first kappa shape index (κ1) is 17.1. The number of amides is 1. The van der Waals surface area contributed by atoms with E-state index in [9.17, 15) is 9.18 Å². The first-order valence-corrected chi connectivity index (χ1v) is 9.01. The van der Waals surface area contributed by atoms with Crippen LogP contribution < -0.4 is 10.6 Å². The molecule has 0 bridgehead atoms. The Morgan fingerprint density at radius 1 is 1.33 bits per heavy atom. The lowest BCUT2D eigenvalue weighted by atomic mass is 9.84. The summed E-state index contributed by atoms with van der Waals surface area (Å²) in [5.41, 5.74) is 6.81. The number of hydrogen-bond acceptors (Lipinski definition) is 3. The minimum Gasteiger partial charge on any atom is -0.444 e. The molecule has 1 atom stereocenters. The molecule has 130 valence electrons. The molecule has 24 heavy (non-hydrogen) atoms. The van der Waals surface area contributed by atoms with Gasteiger partial charge >= 0.3 is 6.09 Å². The molecule has 1 aromatic rings. The van der Waals surface area contributed by atoms with Crippen LogP contribution in [0.15, 0.2) is 18.2 Å². The number of ether oxygens (including phenoxy) is 1. The van der Waals surface area contributed by atoms with Gasteiger partial charge in [0.25, 0.3) is 0 Å². The molecule has 1 aliphatic carbocycles. The summed E-state index contributed by atoms with van der Waals surface area (Å²) in [4.78, 5) is 13.9. The van der Waals surface area contributed by atoms with Crippen LogP contribution in [0, 0.1) is 5.82 Å². The van der Waals surface area contributed by atoms with E-state index in [1.165, 1.54) is 17.4 Å². The summed E-state index contributed by atoms with van der Waals surface area (Å²) in [6, 6.07) is 5.11. The number of nitrogens with two attached hydrogens (primary N) is 1. The fourth-order valence-electron chi connectivity index (χ4n) is 3.61. The van der Waals surface area contributed by atoms with Gasteiger partial charge in [-0.2, -0.15) is 0 Å². The summed E-state index contributed by atoms with van der Waals surface area (Å²) in [6.45, 7) is 0.406. The van der Waals surface area contributed by atoms with Crippen molar-refractivity contribution in [3.05, 3.63) is 29.6 Å². The summed E-state index contributed by atoms with van der Waals surface area (Å²) in [6.07, 6.45) is 6.10. The second-order valence-corrected chi connectivity index (χ2v) is 7.19. The highest BCUT2D eigenvalue weighted by atomic mass is 32.1. The Morgan fingerprint density at radius 3 is 2.75 bits per heavy atom. The van der Waals surface area contributed by atoms with Crippen LogP contribution in [0.5, 0.6) is 0 Å². The number of rotatable bonds is 5.